The molecular formula is C15H19NO2S. The van der Waals surface area contributed by atoms with Crippen molar-refractivity contribution in [3.63, 3.8) is 0 Å². The summed E-state index contributed by atoms with van der Waals surface area (Å²) in [5.41, 5.74) is 2.26. The van der Waals surface area contributed by atoms with Crippen LogP contribution in [-0.2, 0) is 11.2 Å². The maximum atomic E-state index is 11.8. The summed E-state index contributed by atoms with van der Waals surface area (Å²) in [4.78, 5) is 23.7. The van der Waals surface area contributed by atoms with Crippen molar-refractivity contribution >= 4 is 23.0 Å². The third-order valence-electron chi connectivity index (χ3n) is 3.26. The van der Waals surface area contributed by atoms with Crippen molar-refractivity contribution in [3.05, 3.63) is 33.5 Å². The Balaban J connectivity index is 1.80. The number of hydrogen-bond acceptors (Lipinski definition) is 3. The summed E-state index contributed by atoms with van der Waals surface area (Å²) < 4.78 is 0. The predicted octanol–water partition coefficient (Wildman–Crippen LogP) is 3.11. The summed E-state index contributed by atoms with van der Waals surface area (Å²) >= 11 is 1.40. The number of nitrogens with one attached hydrogen (secondary N) is 1. The molecule has 19 heavy (non-hydrogen) atoms. The van der Waals surface area contributed by atoms with Gasteiger partial charge >= 0.3 is 0 Å². The van der Waals surface area contributed by atoms with Gasteiger partial charge in [0.25, 0.3) is 0 Å². The lowest BCUT2D eigenvalue weighted by Crippen LogP contribution is -2.27. The molecule has 0 aliphatic heterocycles. The van der Waals surface area contributed by atoms with E-state index in [1.54, 1.807) is 6.92 Å². The molecule has 1 aliphatic rings. The summed E-state index contributed by atoms with van der Waals surface area (Å²) in [7, 11) is 0. The van der Waals surface area contributed by atoms with E-state index in [1.807, 2.05) is 11.4 Å². The van der Waals surface area contributed by atoms with Crippen LogP contribution in [0, 0.1) is 0 Å². The molecule has 0 atom stereocenters. The van der Waals surface area contributed by atoms with Crippen LogP contribution in [0.3, 0.4) is 0 Å². The molecule has 1 aromatic rings. The first-order chi connectivity index (χ1) is 9.15. The molecule has 1 aliphatic carbocycles. The number of carbonyl (C=O) groups is 2. The van der Waals surface area contributed by atoms with Crippen LogP contribution in [-0.4, -0.2) is 18.2 Å². The molecule has 0 aromatic carbocycles. The molecule has 2 rings (SSSR count). The highest BCUT2D eigenvalue weighted by atomic mass is 32.1. The van der Waals surface area contributed by atoms with Crippen molar-refractivity contribution < 1.29 is 9.59 Å². The lowest BCUT2D eigenvalue weighted by molar-refractivity contribution is -0.120. The highest BCUT2D eigenvalue weighted by Crippen LogP contribution is 2.17. The Hall–Kier alpha value is -1.42. The molecule has 0 saturated heterocycles. The standard InChI is InChI=1S/C15H19NO2S/c1-11(17)14-7-13(10-19-14)8-15(18)16-9-12-5-3-2-4-6-12/h5,7,10H,2-4,6,8-9H2,1H3,(H,16,18). The number of thiophene rings is 1. The summed E-state index contributed by atoms with van der Waals surface area (Å²) in [5.74, 6) is 0.0865. The van der Waals surface area contributed by atoms with Crippen molar-refractivity contribution in [2.45, 2.75) is 39.0 Å². The number of amides is 1. The third kappa shape index (κ3) is 4.31. The van der Waals surface area contributed by atoms with Crippen molar-refractivity contribution in [3.8, 4) is 0 Å². The molecule has 1 aromatic heterocycles. The molecule has 4 heteroatoms. The molecule has 0 radical (unpaired) electrons. The fourth-order valence-electron chi connectivity index (χ4n) is 2.18. The van der Waals surface area contributed by atoms with Crippen molar-refractivity contribution in [1.29, 1.82) is 0 Å². The minimum absolute atomic E-state index is 0.0272. The highest BCUT2D eigenvalue weighted by molar-refractivity contribution is 7.12. The average molecular weight is 277 g/mol. The maximum Gasteiger partial charge on any atom is 0.224 e. The monoisotopic (exact) mass is 277 g/mol. The van der Waals surface area contributed by atoms with Gasteiger partial charge in [0.05, 0.1) is 11.3 Å². The van der Waals surface area contributed by atoms with E-state index in [-0.39, 0.29) is 11.7 Å². The molecular weight excluding hydrogens is 258 g/mol. The number of Topliss-reactive ketones (excluding diaryl/α,β-unsaturated/α-hetero) is 1. The molecule has 1 amide bonds. The van der Waals surface area contributed by atoms with Crippen molar-refractivity contribution in [1.82, 2.24) is 5.32 Å². The van der Waals surface area contributed by atoms with E-state index < -0.39 is 0 Å². The first kappa shape index (κ1) is 14.0. The Labute approximate surface area is 117 Å². The number of rotatable bonds is 5. The fraction of sp³-hybridized carbons (Fsp3) is 0.467. The second-order valence-electron chi connectivity index (χ2n) is 4.94. The van der Waals surface area contributed by atoms with E-state index in [0.29, 0.717) is 13.0 Å². The van der Waals surface area contributed by atoms with Crippen LogP contribution in [0.2, 0.25) is 0 Å². The molecule has 1 heterocycles. The summed E-state index contributed by atoms with van der Waals surface area (Å²) in [6.45, 7) is 2.22. The molecule has 102 valence electrons. The van der Waals surface area contributed by atoms with E-state index in [2.05, 4.69) is 11.4 Å². The van der Waals surface area contributed by atoms with E-state index in [9.17, 15) is 9.59 Å². The predicted molar refractivity (Wildman–Crippen MR) is 77.6 cm³/mol. The van der Waals surface area contributed by atoms with Crippen molar-refractivity contribution in [2.24, 2.45) is 0 Å². The second-order valence-corrected chi connectivity index (χ2v) is 5.85. The van der Waals surface area contributed by atoms with Gasteiger partial charge in [0.15, 0.2) is 5.78 Å². The first-order valence-electron chi connectivity index (χ1n) is 6.68. The SMILES string of the molecule is CC(=O)c1cc(CC(=O)NCC2=CCCCC2)cs1. The van der Waals surface area contributed by atoms with Gasteiger partial charge in [-0.15, -0.1) is 11.3 Å². The van der Waals surface area contributed by atoms with Crippen LogP contribution < -0.4 is 5.32 Å². The zero-order valence-electron chi connectivity index (χ0n) is 11.2. The maximum absolute atomic E-state index is 11.8. The number of allylic oxidation sites excluding steroid dienone is 1. The Kier molecular flexibility index (Phi) is 4.91. The molecule has 0 saturated carbocycles. The summed E-state index contributed by atoms with van der Waals surface area (Å²) in [5, 5.41) is 4.84. The minimum Gasteiger partial charge on any atom is -0.352 e. The quantitative estimate of drug-likeness (QED) is 0.664. The fourth-order valence-corrected chi connectivity index (χ4v) is 2.99. The third-order valence-corrected chi connectivity index (χ3v) is 4.34. The first-order valence-corrected chi connectivity index (χ1v) is 7.56. The Morgan fingerprint density at radius 2 is 2.21 bits per heavy atom. The van der Waals surface area contributed by atoms with Gasteiger partial charge < -0.3 is 5.32 Å². The van der Waals surface area contributed by atoms with Crippen LogP contribution >= 0.6 is 11.3 Å². The molecule has 0 unspecified atom stereocenters. The zero-order chi connectivity index (χ0) is 13.7. The Bertz CT molecular complexity index is 502. The van der Waals surface area contributed by atoms with Crippen LogP contribution in [0.15, 0.2) is 23.1 Å². The van der Waals surface area contributed by atoms with E-state index in [4.69, 9.17) is 0 Å². The van der Waals surface area contributed by atoms with Gasteiger partial charge in [0.2, 0.25) is 5.91 Å². The molecule has 0 bridgehead atoms. The van der Waals surface area contributed by atoms with E-state index in [0.717, 1.165) is 23.3 Å². The van der Waals surface area contributed by atoms with Crippen LogP contribution in [0.5, 0.6) is 0 Å². The van der Waals surface area contributed by atoms with Gasteiger partial charge in [0.1, 0.15) is 0 Å². The summed E-state index contributed by atoms with van der Waals surface area (Å²) in [6, 6.07) is 1.81. The van der Waals surface area contributed by atoms with Gasteiger partial charge in [-0.25, -0.2) is 0 Å². The van der Waals surface area contributed by atoms with Crippen LogP contribution in [0.4, 0.5) is 0 Å². The Morgan fingerprint density at radius 3 is 2.84 bits per heavy atom. The normalized spacial score (nSPS) is 14.9. The van der Waals surface area contributed by atoms with Crippen molar-refractivity contribution in [2.75, 3.05) is 6.54 Å². The number of ketones is 1. The van der Waals surface area contributed by atoms with E-state index in [1.165, 1.54) is 29.8 Å². The number of carbonyl (C=O) groups excluding carboxylic acids is 2. The smallest absolute Gasteiger partial charge is 0.224 e. The number of hydrogen-bond donors (Lipinski definition) is 1. The van der Waals surface area contributed by atoms with Gasteiger partial charge in [0, 0.05) is 6.54 Å². The van der Waals surface area contributed by atoms with Gasteiger partial charge in [-0.3, -0.25) is 9.59 Å². The minimum atomic E-state index is 0.0272. The zero-order valence-corrected chi connectivity index (χ0v) is 12.0. The Morgan fingerprint density at radius 1 is 1.37 bits per heavy atom. The van der Waals surface area contributed by atoms with Gasteiger partial charge in [-0.1, -0.05) is 11.6 Å². The lowest BCUT2D eigenvalue weighted by Gasteiger charge is -2.13. The molecule has 1 N–H and O–H groups in total. The van der Waals surface area contributed by atoms with E-state index >= 15 is 0 Å². The largest absolute Gasteiger partial charge is 0.352 e. The van der Waals surface area contributed by atoms with Crippen LogP contribution in [0.25, 0.3) is 0 Å². The molecule has 0 fully saturated rings. The topological polar surface area (TPSA) is 46.2 Å². The highest BCUT2D eigenvalue weighted by Gasteiger charge is 2.09. The summed E-state index contributed by atoms with van der Waals surface area (Å²) in [6.07, 6.45) is 7.33. The van der Waals surface area contributed by atoms with Gasteiger partial charge in [-0.05, 0) is 49.6 Å². The van der Waals surface area contributed by atoms with Gasteiger partial charge in [-0.2, -0.15) is 0 Å². The molecule has 3 nitrogen and oxygen atoms in total. The average Bonchev–Trinajstić information content (AvgIpc) is 2.86. The van der Waals surface area contributed by atoms with Crippen LogP contribution in [0.1, 0.15) is 47.8 Å². The molecule has 0 spiro atoms. The lowest BCUT2D eigenvalue weighted by atomic mass is 10.00. The second kappa shape index (κ2) is 6.66.